The zero-order valence-electron chi connectivity index (χ0n) is 23.8. The van der Waals surface area contributed by atoms with E-state index in [0.29, 0.717) is 57.4 Å². The lowest BCUT2D eigenvalue weighted by atomic mass is 10.0. The number of nitrogens with zero attached hydrogens (tertiary/aromatic N) is 3. The van der Waals surface area contributed by atoms with Gasteiger partial charge in [-0.05, 0) is 87.5 Å². The molecule has 5 rings (SSSR count). The van der Waals surface area contributed by atoms with Crippen LogP contribution in [0.15, 0.2) is 60.7 Å². The number of piperidine rings is 1. The van der Waals surface area contributed by atoms with Crippen LogP contribution in [0.3, 0.4) is 0 Å². The molecule has 0 aliphatic carbocycles. The molecule has 1 fully saturated rings. The van der Waals surface area contributed by atoms with Crippen LogP contribution in [0, 0.1) is 6.92 Å². The third-order valence-corrected chi connectivity index (χ3v) is 8.59. The molecule has 6 nitrogen and oxygen atoms in total. The first-order chi connectivity index (χ1) is 20.4. The molecular weight excluding hydrogens is 622 g/mol. The van der Waals surface area contributed by atoms with Crippen molar-refractivity contribution in [2.24, 2.45) is 0 Å². The third kappa shape index (κ3) is 7.15. The van der Waals surface area contributed by atoms with Crippen molar-refractivity contribution in [2.45, 2.75) is 38.4 Å². The molecule has 1 aromatic heterocycles. The molecule has 0 bridgehead atoms. The zero-order valence-corrected chi connectivity index (χ0v) is 26.1. The van der Waals surface area contributed by atoms with Crippen LogP contribution in [0.5, 0.6) is 0 Å². The summed E-state index contributed by atoms with van der Waals surface area (Å²) in [6.45, 7) is 2.95. The van der Waals surface area contributed by atoms with Gasteiger partial charge in [0.05, 0.1) is 21.7 Å². The normalized spacial score (nSPS) is 14.1. The van der Waals surface area contributed by atoms with E-state index in [2.05, 4.69) is 4.90 Å². The number of likely N-dealkylation sites (tertiary alicyclic amines) is 1. The molecule has 0 saturated carbocycles. The molecule has 0 radical (unpaired) electrons. The van der Waals surface area contributed by atoms with Gasteiger partial charge in [-0.3, -0.25) is 4.79 Å². The Morgan fingerprint density at radius 2 is 1.63 bits per heavy atom. The maximum absolute atomic E-state index is 13.7. The zero-order chi connectivity index (χ0) is 31.5. The second-order valence-corrected chi connectivity index (χ2v) is 11.6. The van der Waals surface area contributed by atoms with Crippen molar-refractivity contribution in [2.75, 3.05) is 27.2 Å². The summed E-state index contributed by atoms with van der Waals surface area (Å²) in [7, 11) is 4.09. The minimum atomic E-state index is -4.48. The number of aromatic nitrogens is 1. The van der Waals surface area contributed by atoms with E-state index in [9.17, 15) is 18.0 Å². The Morgan fingerprint density at radius 1 is 1.00 bits per heavy atom. The monoisotopic (exact) mass is 651 g/mol. The van der Waals surface area contributed by atoms with E-state index >= 15 is 0 Å². The van der Waals surface area contributed by atoms with Crippen LogP contribution in [-0.2, 0) is 24.2 Å². The number of hydrogen-bond acceptors (Lipinski definition) is 4. The lowest BCUT2D eigenvalue weighted by Gasteiger charge is -2.35. The maximum Gasteiger partial charge on any atom is 0.416 e. The van der Waals surface area contributed by atoms with Crippen molar-refractivity contribution < 1.29 is 26.4 Å². The Balaban J connectivity index is 0.00000135. The van der Waals surface area contributed by atoms with E-state index < -0.39 is 23.3 Å². The SMILES string of the molecule is Cc1cc(C(F)(F)F)cc2c1cc(Cc1c(Cl)ccc(C(=O)N3CCC(N(C)C)CC3)c1Cl)n2-c1ccccc1.O=S=O. The van der Waals surface area contributed by atoms with Crippen LogP contribution in [0.2, 0.25) is 10.0 Å². The Labute approximate surface area is 261 Å². The van der Waals surface area contributed by atoms with Crippen LogP contribution in [0.25, 0.3) is 16.6 Å². The van der Waals surface area contributed by atoms with Gasteiger partial charge in [0.1, 0.15) is 0 Å². The summed E-state index contributed by atoms with van der Waals surface area (Å²) >= 11 is 12.8. The molecule has 43 heavy (non-hydrogen) atoms. The van der Waals surface area contributed by atoms with Gasteiger partial charge in [-0.15, -0.1) is 0 Å². The first-order valence-corrected chi connectivity index (χ1v) is 14.9. The van der Waals surface area contributed by atoms with Gasteiger partial charge < -0.3 is 14.4 Å². The van der Waals surface area contributed by atoms with E-state index in [0.717, 1.165) is 18.5 Å². The number of para-hydroxylation sites is 1. The molecule has 12 heteroatoms. The van der Waals surface area contributed by atoms with Gasteiger partial charge in [0.2, 0.25) is 0 Å². The smallest absolute Gasteiger partial charge is 0.338 e. The van der Waals surface area contributed by atoms with Gasteiger partial charge in [0.15, 0.2) is 0 Å². The number of benzene rings is 3. The van der Waals surface area contributed by atoms with Crippen molar-refractivity contribution in [1.82, 2.24) is 14.4 Å². The second-order valence-electron chi connectivity index (χ2n) is 10.6. The Morgan fingerprint density at radius 3 is 2.21 bits per heavy atom. The summed E-state index contributed by atoms with van der Waals surface area (Å²) in [5, 5.41) is 1.37. The molecule has 1 saturated heterocycles. The number of halogens is 5. The van der Waals surface area contributed by atoms with Crippen LogP contribution >= 0.6 is 23.2 Å². The molecule has 1 amide bonds. The molecule has 4 aromatic rings. The summed E-state index contributed by atoms with van der Waals surface area (Å²) in [5.74, 6) is -0.144. The predicted molar refractivity (Wildman–Crippen MR) is 164 cm³/mol. The fourth-order valence-electron chi connectivity index (χ4n) is 5.58. The summed E-state index contributed by atoms with van der Waals surface area (Å²) < 4.78 is 59.6. The quantitative estimate of drug-likeness (QED) is 0.226. The molecule has 1 aliphatic heterocycles. The van der Waals surface area contributed by atoms with Crippen molar-refractivity contribution in [1.29, 1.82) is 0 Å². The topological polar surface area (TPSA) is 62.6 Å². The average Bonchev–Trinajstić information content (AvgIpc) is 3.34. The van der Waals surface area contributed by atoms with Gasteiger partial charge in [-0.1, -0.05) is 41.4 Å². The van der Waals surface area contributed by atoms with Crippen LogP contribution in [0.1, 0.15) is 45.6 Å². The molecule has 0 N–H and O–H groups in total. The number of rotatable bonds is 5. The van der Waals surface area contributed by atoms with Crippen LogP contribution in [-0.4, -0.2) is 61.9 Å². The highest BCUT2D eigenvalue weighted by molar-refractivity contribution is 7.51. The molecule has 1 aliphatic rings. The number of fused-ring (bicyclic) bond motifs is 1. The standard InChI is InChI=1S/C31H30Cl2F3N3O.O2S/c1-19-15-20(31(34,35)36)16-28-25(19)17-23(39(28)22-7-5-4-6-8-22)18-26-27(32)10-9-24(29(26)33)30(40)38-13-11-21(12-14-38)37(2)3;1-3-2/h4-10,15-17,21H,11-14,18H2,1-3H3;. The molecule has 0 atom stereocenters. The summed E-state index contributed by atoms with van der Waals surface area (Å²) in [6.07, 6.45) is -2.49. The molecule has 0 unspecified atom stereocenters. The van der Waals surface area contributed by atoms with Crippen molar-refractivity contribution >= 4 is 51.6 Å². The fourth-order valence-corrected chi connectivity index (χ4v) is 6.16. The van der Waals surface area contributed by atoms with Gasteiger partial charge in [-0.25, -0.2) is 0 Å². The minimum Gasteiger partial charge on any atom is -0.338 e. The number of hydrogen-bond donors (Lipinski definition) is 0. The van der Waals surface area contributed by atoms with Gasteiger partial charge >= 0.3 is 17.7 Å². The number of amides is 1. The molecule has 3 aromatic carbocycles. The molecule has 228 valence electrons. The third-order valence-electron chi connectivity index (χ3n) is 7.80. The van der Waals surface area contributed by atoms with Gasteiger partial charge in [-0.2, -0.15) is 21.6 Å². The average molecular weight is 653 g/mol. The first-order valence-electron chi connectivity index (χ1n) is 13.5. The van der Waals surface area contributed by atoms with Crippen molar-refractivity contribution in [3.8, 4) is 5.69 Å². The van der Waals surface area contributed by atoms with Crippen LogP contribution in [0.4, 0.5) is 13.2 Å². The number of carbonyl (C=O) groups excluding carboxylic acids is 1. The highest BCUT2D eigenvalue weighted by atomic mass is 35.5. The largest absolute Gasteiger partial charge is 0.416 e. The summed E-state index contributed by atoms with van der Waals surface area (Å²) in [5.41, 5.74) is 2.62. The Hall–Kier alpha value is -3.18. The highest BCUT2D eigenvalue weighted by Crippen LogP contribution is 2.38. The van der Waals surface area contributed by atoms with Gasteiger partial charge in [0, 0.05) is 47.3 Å². The molecule has 0 spiro atoms. The summed E-state index contributed by atoms with van der Waals surface area (Å²) in [6, 6.07) is 17.2. The van der Waals surface area contributed by atoms with Crippen molar-refractivity contribution in [3.05, 3.63) is 98.7 Å². The predicted octanol–water partition coefficient (Wildman–Crippen LogP) is 7.35. The van der Waals surface area contributed by atoms with E-state index in [1.165, 1.54) is 12.1 Å². The van der Waals surface area contributed by atoms with E-state index in [1.807, 2.05) is 60.0 Å². The van der Waals surface area contributed by atoms with E-state index in [1.54, 1.807) is 19.1 Å². The lowest BCUT2D eigenvalue weighted by molar-refractivity contribution is -0.137. The lowest BCUT2D eigenvalue weighted by Crippen LogP contribution is -2.44. The van der Waals surface area contributed by atoms with E-state index in [-0.39, 0.29) is 17.4 Å². The van der Waals surface area contributed by atoms with E-state index in [4.69, 9.17) is 31.6 Å². The number of carbonyl (C=O) groups is 1. The Kier molecular flexibility index (Phi) is 10.4. The number of aryl methyl sites for hydroxylation is 1. The Bertz CT molecular complexity index is 1660. The fraction of sp³-hybridized carbons (Fsp3) is 0.323. The minimum absolute atomic E-state index is 0.144. The molecule has 2 heterocycles. The number of alkyl halides is 3. The first kappa shape index (κ1) is 32.7. The molecular formula is C31H30Cl2F3N3O3S. The second kappa shape index (κ2) is 13.6. The van der Waals surface area contributed by atoms with Gasteiger partial charge in [0.25, 0.3) is 5.91 Å². The van der Waals surface area contributed by atoms with Crippen molar-refractivity contribution in [3.63, 3.8) is 0 Å². The van der Waals surface area contributed by atoms with Crippen LogP contribution < -0.4 is 0 Å². The highest BCUT2D eigenvalue weighted by Gasteiger charge is 2.32. The maximum atomic E-state index is 13.7. The summed E-state index contributed by atoms with van der Waals surface area (Å²) in [4.78, 5) is 17.5.